The van der Waals surface area contributed by atoms with Crippen LogP contribution >= 0.6 is 11.6 Å². The molecule has 7 heteroatoms. The number of nitrogens with one attached hydrogen (secondary N) is 1. The number of sulfonamides is 1. The largest absolute Gasteiger partial charge is 0.506 e. The Labute approximate surface area is 191 Å². The normalized spacial score (nSPS) is 13.5. The molecule has 0 unspecified atom stereocenters. The Morgan fingerprint density at radius 3 is 2.53 bits per heavy atom. The van der Waals surface area contributed by atoms with Crippen molar-refractivity contribution in [2.45, 2.75) is 11.3 Å². The lowest BCUT2D eigenvalue weighted by molar-refractivity contribution is 0.477. The first-order valence-corrected chi connectivity index (χ1v) is 12.0. The first-order valence-electron chi connectivity index (χ1n) is 10.1. The van der Waals surface area contributed by atoms with Gasteiger partial charge in [0, 0.05) is 22.7 Å². The van der Waals surface area contributed by atoms with Crippen LogP contribution < -0.4 is 4.72 Å². The number of phenols is 1. The number of anilines is 1. The molecule has 1 aliphatic rings. The summed E-state index contributed by atoms with van der Waals surface area (Å²) in [5.74, 6) is -0.177. The molecule has 0 aliphatic carbocycles. The van der Waals surface area contributed by atoms with Gasteiger partial charge in [0.1, 0.15) is 5.75 Å². The van der Waals surface area contributed by atoms with E-state index in [-0.39, 0.29) is 16.3 Å². The Balaban J connectivity index is 1.46. The van der Waals surface area contributed by atoms with Gasteiger partial charge in [0.15, 0.2) is 0 Å². The van der Waals surface area contributed by atoms with Crippen LogP contribution in [-0.4, -0.2) is 25.8 Å². The Morgan fingerprint density at radius 1 is 0.906 bits per heavy atom. The smallest absolute Gasteiger partial charge is 0.262 e. The maximum atomic E-state index is 12.9. The summed E-state index contributed by atoms with van der Waals surface area (Å²) < 4.78 is 28.3. The van der Waals surface area contributed by atoms with Crippen molar-refractivity contribution in [3.63, 3.8) is 0 Å². The van der Waals surface area contributed by atoms with E-state index in [4.69, 9.17) is 11.6 Å². The van der Waals surface area contributed by atoms with Crippen LogP contribution in [0, 0.1) is 0 Å². The standard InChI is InChI=1S/C25H19ClN2O3S/c26-20-8-5-17-11-12-27-25(22(17)15-20)19-7-10-23(24(29)14-19)28-32(30,31)21-9-6-16-3-1-2-4-18(16)13-21/h1-10,13-15,28-29H,11-12H2. The van der Waals surface area contributed by atoms with Gasteiger partial charge in [0.2, 0.25) is 0 Å². The molecule has 5 rings (SSSR count). The van der Waals surface area contributed by atoms with Crippen molar-refractivity contribution in [3.05, 3.63) is 101 Å². The van der Waals surface area contributed by atoms with Gasteiger partial charge in [-0.1, -0.05) is 54.1 Å². The van der Waals surface area contributed by atoms with Gasteiger partial charge in [-0.3, -0.25) is 9.71 Å². The van der Waals surface area contributed by atoms with E-state index in [1.54, 1.807) is 30.3 Å². The lowest BCUT2D eigenvalue weighted by Crippen LogP contribution is -2.15. The lowest BCUT2D eigenvalue weighted by Gasteiger charge is -2.18. The van der Waals surface area contributed by atoms with E-state index in [1.165, 1.54) is 6.07 Å². The van der Waals surface area contributed by atoms with Crippen molar-refractivity contribution < 1.29 is 13.5 Å². The SMILES string of the molecule is O=S(=O)(Nc1ccc(C2=NCCc3ccc(Cl)cc32)cc1O)c1ccc2ccccc2c1. The number of rotatable bonds is 4. The average molecular weight is 463 g/mol. The number of benzene rings is 4. The molecule has 0 radical (unpaired) electrons. The molecule has 4 aromatic rings. The van der Waals surface area contributed by atoms with Gasteiger partial charge < -0.3 is 5.11 Å². The minimum Gasteiger partial charge on any atom is -0.506 e. The summed E-state index contributed by atoms with van der Waals surface area (Å²) in [6.07, 6.45) is 0.825. The highest BCUT2D eigenvalue weighted by molar-refractivity contribution is 7.92. The zero-order chi connectivity index (χ0) is 22.3. The predicted octanol–water partition coefficient (Wildman–Crippen LogP) is 5.39. The van der Waals surface area contributed by atoms with Crippen LogP contribution in [-0.2, 0) is 16.4 Å². The van der Waals surface area contributed by atoms with Crippen molar-refractivity contribution in [2.24, 2.45) is 4.99 Å². The van der Waals surface area contributed by atoms with Crippen LogP contribution in [0.1, 0.15) is 16.7 Å². The molecule has 0 aromatic heterocycles. The topological polar surface area (TPSA) is 78.8 Å². The highest BCUT2D eigenvalue weighted by Gasteiger charge is 2.20. The fourth-order valence-electron chi connectivity index (χ4n) is 3.91. The highest BCUT2D eigenvalue weighted by Crippen LogP contribution is 2.31. The monoisotopic (exact) mass is 462 g/mol. The van der Waals surface area contributed by atoms with E-state index >= 15 is 0 Å². The van der Waals surface area contributed by atoms with Crippen LogP contribution in [0.5, 0.6) is 5.75 Å². The second-order valence-electron chi connectivity index (χ2n) is 7.63. The fourth-order valence-corrected chi connectivity index (χ4v) is 5.19. The molecule has 0 bridgehead atoms. The molecule has 0 saturated carbocycles. The summed E-state index contributed by atoms with van der Waals surface area (Å²) in [6, 6.07) is 23.0. The number of aromatic hydroxyl groups is 1. The summed E-state index contributed by atoms with van der Waals surface area (Å²) in [4.78, 5) is 4.74. The Hall–Kier alpha value is -3.35. The van der Waals surface area contributed by atoms with Crippen molar-refractivity contribution in [2.75, 3.05) is 11.3 Å². The maximum absolute atomic E-state index is 12.9. The third kappa shape index (κ3) is 3.83. The number of fused-ring (bicyclic) bond motifs is 2. The van der Waals surface area contributed by atoms with E-state index in [9.17, 15) is 13.5 Å². The molecule has 0 atom stereocenters. The lowest BCUT2D eigenvalue weighted by atomic mass is 9.93. The number of phenolic OH excluding ortho intramolecular Hbond substituents is 1. The third-order valence-electron chi connectivity index (χ3n) is 5.52. The quantitative estimate of drug-likeness (QED) is 0.399. The molecule has 2 N–H and O–H groups in total. The van der Waals surface area contributed by atoms with Gasteiger partial charge in [-0.2, -0.15) is 0 Å². The minimum absolute atomic E-state index is 0.102. The molecule has 5 nitrogen and oxygen atoms in total. The predicted molar refractivity (Wildman–Crippen MR) is 129 cm³/mol. The number of halogens is 1. The molecular weight excluding hydrogens is 444 g/mol. The van der Waals surface area contributed by atoms with E-state index in [1.807, 2.05) is 42.5 Å². The average Bonchev–Trinajstić information content (AvgIpc) is 2.79. The van der Waals surface area contributed by atoms with Gasteiger partial charge in [-0.25, -0.2) is 8.42 Å². The van der Waals surface area contributed by atoms with Gasteiger partial charge in [-0.05, 0) is 59.2 Å². The molecule has 4 aromatic carbocycles. The second kappa shape index (κ2) is 7.97. The summed E-state index contributed by atoms with van der Waals surface area (Å²) >= 11 is 6.17. The van der Waals surface area contributed by atoms with Crippen LogP contribution in [0.3, 0.4) is 0 Å². The van der Waals surface area contributed by atoms with E-state index in [0.717, 1.165) is 34.0 Å². The van der Waals surface area contributed by atoms with Crippen molar-refractivity contribution in [3.8, 4) is 5.75 Å². The third-order valence-corrected chi connectivity index (χ3v) is 7.12. The number of nitrogens with zero attached hydrogens (tertiary/aromatic N) is 1. The van der Waals surface area contributed by atoms with Gasteiger partial charge in [0.05, 0.1) is 16.3 Å². The van der Waals surface area contributed by atoms with Gasteiger partial charge in [-0.15, -0.1) is 0 Å². The Bertz CT molecular complexity index is 1500. The summed E-state index contributed by atoms with van der Waals surface area (Å²) in [5, 5.41) is 13.0. The molecule has 0 amide bonds. The van der Waals surface area contributed by atoms with Crippen LogP contribution in [0.25, 0.3) is 10.8 Å². The van der Waals surface area contributed by atoms with Crippen LogP contribution in [0.4, 0.5) is 5.69 Å². The molecule has 0 saturated heterocycles. The van der Waals surface area contributed by atoms with Crippen molar-refractivity contribution in [1.82, 2.24) is 0 Å². The summed E-state index contributed by atoms with van der Waals surface area (Å²) in [5.41, 5.74) is 3.59. The fraction of sp³-hybridized carbons (Fsp3) is 0.0800. The minimum atomic E-state index is -3.88. The second-order valence-corrected chi connectivity index (χ2v) is 9.75. The first-order chi connectivity index (χ1) is 15.4. The van der Waals surface area contributed by atoms with Crippen molar-refractivity contribution >= 4 is 43.8 Å². The number of aliphatic imine (C=N–C) groups is 1. The zero-order valence-corrected chi connectivity index (χ0v) is 18.5. The molecule has 1 heterocycles. The maximum Gasteiger partial charge on any atom is 0.262 e. The number of hydrogen-bond acceptors (Lipinski definition) is 4. The van der Waals surface area contributed by atoms with Gasteiger partial charge in [0.25, 0.3) is 10.0 Å². The molecule has 0 fully saturated rings. The molecular formula is C25H19ClN2O3S. The Morgan fingerprint density at radius 2 is 1.72 bits per heavy atom. The van der Waals surface area contributed by atoms with E-state index < -0.39 is 10.0 Å². The zero-order valence-electron chi connectivity index (χ0n) is 16.9. The summed E-state index contributed by atoms with van der Waals surface area (Å²) in [7, 11) is -3.88. The molecule has 160 valence electrons. The van der Waals surface area contributed by atoms with Crippen LogP contribution in [0.2, 0.25) is 5.02 Å². The highest BCUT2D eigenvalue weighted by atomic mass is 35.5. The van der Waals surface area contributed by atoms with E-state index in [0.29, 0.717) is 17.1 Å². The Kier molecular flexibility index (Phi) is 5.12. The number of hydrogen-bond donors (Lipinski definition) is 2. The van der Waals surface area contributed by atoms with Crippen LogP contribution in [0.15, 0.2) is 88.8 Å². The summed E-state index contributed by atoms with van der Waals surface area (Å²) in [6.45, 7) is 0.640. The van der Waals surface area contributed by atoms with Gasteiger partial charge >= 0.3 is 0 Å². The molecule has 32 heavy (non-hydrogen) atoms. The van der Waals surface area contributed by atoms with Crippen molar-refractivity contribution in [1.29, 1.82) is 0 Å². The first kappa shape index (κ1) is 20.5. The molecule has 0 spiro atoms. The van der Waals surface area contributed by atoms with E-state index in [2.05, 4.69) is 9.71 Å². The molecule has 1 aliphatic heterocycles.